The summed E-state index contributed by atoms with van der Waals surface area (Å²) in [6.45, 7) is 2.57. The first-order chi connectivity index (χ1) is 9.56. The lowest BCUT2D eigenvalue weighted by atomic mass is 10.1. The van der Waals surface area contributed by atoms with Crippen molar-refractivity contribution in [2.75, 3.05) is 11.4 Å². The van der Waals surface area contributed by atoms with E-state index in [1.807, 2.05) is 11.8 Å². The number of anilines is 2. The van der Waals surface area contributed by atoms with Crippen LogP contribution in [0.3, 0.4) is 0 Å². The molecule has 2 aromatic rings. The number of hydrogen-bond donors (Lipinski definition) is 1. The van der Waals surface area contributed by atoms with Crippen LogP contribution in [0.5, 0.6) is 0 Å². The highest BCUT2D eigenvalue weighted by atomic mass is 19.1. The van der Waals surface area contributed by atoms with Crippen molar-refractivity contribution in [2.24, 2.45) is 5.73 Å². The van der Waals surface area contributed by atoms with Gasteiger partial charge in [-0.2, -0.15) is 0 Å². The van der Waals surface area contributed by atoms with Gasteiger partial charge in [-0.05, 0) is 54.8 Å². The molecule has 1 aliphatic rings. The molecule has 0 aliphatic carbocycles. The average molecular weight is 274 g/mol. The van der Waals surface area contributed by atoms with Gasteiger partial charge in [0.1, 0.15) is 11.6 Å². The normalized spacial score (nSPS) is 15.3. The number of rotatable bonds is 2. The van der Waals surface area contributed by atoms with Gasteiger partial charge in [-0.3, -0.25) is 0 Å². The monoisotopic (exact) mass is 274 g/mol. The van der Waals surface area contributed by atoms with E-state index in [1.54, 1.807) is 12.1 Å². The van der Waals surface area contributed by atoms with E-state index in [4.69, 9.17) is 5.73 Å². The number of hydrogen-bond acceptors (Lipinski definition) is 2. The van der Waals surface area contributed by atoms with E-state index >= 15 is 0 Å². The second-order valence-electron chi connectivity index (χ2n) is 5.17. The van der Waals surface area contributed by atoms with E-state index in [-0.39, 0.29) is 17.7 Å². The largest absolute Gasteiger partial charge is 0.341 e. The molecule has 20 heavy (non-hydrogen) atoms. The van der Waals surface area contributed by atoms with E-state index in [0.29, 0.717) is 0 Å². The van der Waals surface area contributed by atoms with Crippen LogP contribution in [0, 0.1) is 11.6 Å². The van der Waals surface area contributed by atoms with Gasteiger partial charge in [0.05, 0.1) is 0 Å². The molecule has 2 aromatic carbocycles. The Bertz CT molecular complexity index is 653. The van der Waals surface area contributed by atoms with E-state index in [9.17, 15) is 8.78 Å². The van der Waals surface area contributed by atoms with Gasteiger partial charge in [0.2, 0.25) is 0 Å². The topological polar surface area (TPSA) is 29.3 Å². The summed E-state index contributed by atoms with van der Waals surface area (Å²) in [4.78, 5) is 2.01. The Morgan fingerprint density at radius 1 is 1.05 bits per heavy atom. The molecule has 2 N–H and O–H groups in total. The van der Waals surface area contributed by atoms with Crippen LogP contribution in [0.15, 0.2) is 36.4 Å². The van der Waals surface area contributed by atoms with Crippen molar-refractivity contribution in [1.82, 2.24) is 0 Å². The predicted octanol–water partition coefficient (Wildman–Crippen LogP) is 3.68. The lowest BCUT2D eigenvalue weighted by molar-refractivity contribution is 0.622. The van der Waals surface area contributed by atoms with E-state index in [2.05, 4.69) is 0 Å². The summed E-state index contributed by atoms with van der Waals surface area (Å²) >= 11 is 0. The molecule has 0 fully saturated rings. The highest BCUT2D eigenvalue weighted by Gasteiger charge is 2.23. The molecule has 0 saturated carbocycles. The third-order valence-corrected chi connectivity index (χ3v) is 3.71. The summed E-state index contributed by atoms with van der Waals surface area (Å²) in [5.41, 5.74) is 9.47. The van der Waals surface area contributed by atoms with Crippen molar-refractivity contribution < 1.29 is 8.78 Å². The fourth-order valence-electron chi connectivity index (χ4n) is 2.74. The summed E-state index contributed by atoms with van der Waals surface area (Å²) in [6, 6.07) is 9.11. The number of benzene rings is 2. The minimum absolute atomic E-state index is 0.264. The summed E-state index contributed by atoms with van der Waals surface area (Å²) in [5, 5.41) is 0. The smallest absolute Gasteiger partial charge is 0.125 e. The SMILES string of the molecule is C[C@@H](N)c1cc(F)ccc1N1CCc2ccc(F)cc21. The number of halogens is 2. The Morgan fingerprint density at radius 2 is 1.75 bits per heavy atom. The first-order valence-electron chi connectivity index (χ1n) is 6.67. The van der Waals surface area contributed by atoms with Crippen LogP contribution < -0.4 is 10.6 Å². The van der Waals surface area contributed by atoms with Gasteiger partial charge in [0.25, 0.3) is 0 Å². The third kappa shape index (κ3) is 2.16. The molecule has 0 saturated heterocycles. The van der Waals surface area contributed by atoms with Gasteiger partial charge in [-0.15, -0.1) is 0 Å². The number of fused-ring (bicyclic) bond motifs is 1. The van der Waals surface area contributed by atoms with Crippen LogP contribution >= 0.6 is 0 Å². The molecule has 0 amide bonds. The van der Waals surface area contributed by atoms with Gasteiger partial charge in [0.15, 0.2) is 0 Å². The molecule has 4 heteroatoms. The molecule has 1 aliphatic heterocycles. The Kier molecular flexibility index (Phi) is 3.18. The Hall–Kier alpha value is -1.94. The molecule has 0 unspecified atom stereocenters. The molecule has 104 valence electrons. The Morgan fingerprint density at radius 3 is 2.50 bits per heavy atom. The van der Waals surface area contributed by atoms with Gasteiger partial charge in [-0.1, -0.05) is 6.07 Å². The van der Waals surface area contributed by atoms with E-state index in [1.165, 1.54) is 24.3 Å². The molecule has 1 heterocycles. The highest BCUT2D eigenvalue weighted by Crippen LogP contribution is 2.38. The first kappa shape index (κ1) is 13.1. The van der Waals surface area contributed by atoms with Crippen molar-refractivity contribution in [3.8, 4) is 0 Å². The number of nitrogens with two attached hydrogens (primary N) is 1. The molecule has 2 nitrogen and oxygen atoms in total. The van der Waals surface area contributed by atoms with Crippen LogP contribution in [-0.4, -0.2) is 6.54 Å². The Labute approximate surface area is 116 Å². The van der Waals surface area contributed by atoms with Gasteiger partial charge < -0.3 is 10.6 Å². The molecule has 0 radical (unpaired) electrons. The van der Waals surface area contributed by atoms with E-state index in [0.717, 1.165) is 35.5 Å². The van der Waals surface area contributed by atoms with Gasteiger partial charge >= 0.3 is 0 Å². The third-order valence-electron chi connectivity index (χ3n) is 3.71. The van der Waals surface area contributed by atoms with E-state index < -0.39 is 0 Å². The zero-order valence-electron chi connectivity index (χ0n) is 11.2. The highest BCUT2D eigenvalue weighted by molar-refractivity contribution is 5.72. The summed E-state index contributed by atoms with van der Waals surface area (Å²) in [5.74, 6) is -0.570. The van der Waals surface area contributed by atoms with Crippen molar-refractivity contribution in [3.63, 3.8) is 0 Å². The van der Waals surface area contributed by atoms with Crippen molar-refractivity contribution in [1.29, 1.82) is 0 Å². The molecular formula is C16H16F2N2. The van der Waals surface area contributed by atoms with Crippen molar-refractivity contribution in [2.45, 2.75) is 19.4 Å². The quantitative estimate of drug-likeness (QED) is 0.905. The van der Waals surface area contributed by atoms with Crippen LogP contribution in [0.2, 0.25) is 0 Å². The average Bonchev–Trinajstić information content (AvgIpc) is 2.81. The lowest BCUT2D eigenvalue weighted by Crippen LogP contribution is -2.18. The summed E-state index contributed by atoms with van der Waals surface area (Å²) in [6.07, 6.45) is 0.853. The maximum absolute atomic E-state index is 13.5. The van der Waals surface area contributed by atoms with Crippen LogP contribution in [0.4, 0.5) is 20.2 Å². The maximum atomic E-state index is 13.5. The first-order valence-corrected chi connectivity index (χ1v) is 6.67. The van der Waals surface area contributed by atoms with Gasteiger partial charge in [0, 0.05) is 24.0 Å². The maximum Gasteiger partial charge on any atom is 0.125 e. The molecule has 1 atom stereocenters. The number of nitrogens with zero attached hydrogens (tertiary/aromatic N) is 1. The fraction of sp³-hybridized carbons (Fsp3) is 0.250. The van der Waals surface area contributed by atoms with Crippen LogP contribution in [0.25, 0.3) is 0 Å². The second-order valence-corrected chi connectivity index (χ2v) is 5.17. The minimum atomic E-state index is -0.306. The molecule has 0 aromatic heterocycles. The molecular weight excluding hydrogens is 258 g/mol. The molecule has 3 rings (SSSR count). The summed E-state index contributed by atoms with van der Waals surface area (Å²) in [7, 11) is 0. The standard InChI is InChI=1S/C16H16F2N2/c1-10(19)14-8-12(17)4-5-15(14)20-7-6-11-2-3-13(18)9-16(11)20/h2-5,8-10H,6-7,19H2,1H3/t10-/m1/s1. The van der Waals surface area contributed by atoms with Crippen molar-refractivity contribution >= 4 is 11.4 Å². The van der Waals surface area contributed by atoms with Crippen LogP contribution in [-0.2, 0) is 6.42 Å². The zero-order chi connectivity index (χ0) is 14.3. The Balaban J connectivity index is 2.10. The zero-order valence-corrected chi connectivity index (χ0v) is 11.2. The second kappa shape index (κ2) is 4.87. The van der Waals surface area contributed by atoms with Crippen LogP contribution in [0.1, 0.15) is 24.1 Å². The summed E-state index contributed by atoms with van der Waals surface area (Å²) < 4.78 is 26.9. The molecule has 0 bridgehead atoms. The lowest BCUT2D eigenvalue weighted by Gasteiger charge is -2.24. The minimum Gasteiger partial charge on any atom is -0.341 e. The van der Waals surface area contributed by atoms with Gasteiger partial charge in [-0.25, -0.2) is 8.78 Å². The fourth-order valence-corrected chi connectivity index (χ4v) is 2.74. The molecule has 0 spiro atoms. The van der Waals surface area contributed by atoms with Crippen molar-refractivity contribution in [3.05, 3.63) is 59.2 Å². The predicted molar refractivity (Wildman–Crippen MR) is 76.1 cm³/mol.